The molecule has 0 atom stereocenters. The number of aryl methyl sites for hydroxylation is 1. The molecule has 1 amide bonds. The second-order valence-corrected chi connectivity index (χ2v) is 8.71. The van der Waals surface area contributed by atoms with E-state index in [1.807, 2.05) is 24.3 Å². The van der Waals surface area contributed by atoms with Gasteiger partial charge in [-0.1, -0.05) is 47.5 Å². The highest BCUT2D eigenvalue weighted by Gasteiger charge is 2.20. The number of aromatic nitrogens is 1. The van der Waals surface area contributed by atoms with Gasteiger partial charge >= 0.3 is 0 Å². The largest absolute Gasteiger partial charge is 0.496 e. The molecule has 0 bridgehead atoms. The summed E-state index contributed by atoms with van der Waals surface area (Å²) in [5.74, 6) is 1.21. The van der Waals surface area contributed by atoms with Crippen molar-refractivity contribution in [3.63, 3.8) is 0 Å². The summed E-state index contributed by atoms with van der Waals surface area (Å²) in [6, 6.07) is 14.7. The normalized spacial score (nSPS) is 12.8. The number of anilines is 1. The van der Waals surface area contributed by atoms with Crippen LogP contribution >= 0.6 is 23.2 Å². The molecular weight excluding hydrogens is 459 g/mol. The van der Waals surface area contributed by atoms with Crippen LogP contribution in [-0.2, 0) is 12.8 Å². The van der Waals surface area contributed by atoms with Crippen LogP contribution in [0.4, 0.5) is 5.82 Å². The van der Waals surface area contributed by atoms with Crippen LogP contribution < -0.4 is 10.1 Å². The Hall–Kier alpha value is -3.09. The van der Waals surface area contributed by atoms with Crippen molar-refractivity contribution in [2.45, 2.75) is 19.3 Å². The summed E-state index contributed by atoms with van der Waals surface area (Å²) < 4.78 is 5.54. The molecule has 0 aliphatic carbocycles. The maximum atomic E-state index is 13.0. The first-order valence-electron chi connectivity index (χ1n) is 10.7. The number of rotatable bonds is 7. The fourth-order valence-corrected chi connectivity index (χ4v) is 4.03. The van der Waals surface area contributed by atoms with E-state index in [1.54, 1.807) is 31.4 Å². The molecule has 2 heterocycles. The maximum Gasteiger partial charge on any atom is 0.257 e. The summed E-state index contributed by atoms with van der Waals surface area (Å²) in [7, 11) is 1.56. The number of halogens is 2. The van der Waals surface area contributed by atoms with E-state index in [0.29, 0.717) is 45.9 Å². The van der Waals surface area contributed by atoms with E-state index in [9.17, 15) is 4.79 Å². The molecule has 0 unspecified atom stereocenters. The van der Waals surface area contributed by atoms with Crippen LogP contribution in [0.5, 0.6) is 5.75 Å². The molecule has 0 radical (unpaired) electrons. The highest BCUT2D eigenvalue weighted by molar-refractivity contribution is 6.31. The second-order valence-electron chi connectivity index (χ2n) is 7.84. The van der Waals surface area contributed by atoms with Crippen molar-refractivity contribution < 1.29 is 9.53 Å². The number of nitrogens with one attached hydrogen (secondary N) is 2. The van der Waals surface area contributed by atoms with Crippen molar-refractivity contribution in [2.75, 3.05) is 25.5 Å². The van der Waals surface area contributed by atoms with Crippen LogP contribution in [0.3, 0.4) is 0 Å². The summed E-state index contributed by atoms with van der Waals surface area (Å²) in [6.45, 7) is 1.90. The first kappa shape index (κ1) is 23.1. The Labute approximate surface area is 203 Å². The zero-order valence-corrected chi connectivity index (χ0v) is 19.7. The van der Waals surface area contributed by atoms with E-state index < -0.39 is 0 Å². The molecule has 0 saturated carbocycles. The van der Waals surface area contributed by atoms with Gasteiger partial charge in [-0.15, -0.1) is 0 Å². The van der Waals surface area contributed by atoms with Crippen LogP contribution in [0, 0.1) is 5.41 Å². The third-order valence-electron chi connectivity index (χ3n) is 5.67. The highest BCUT2D eigenvalue weighted by Crippen LogP contribution is 2.29. The molecule has 8 heteroatoms. The number of amides is 1. The topological polar surface area (TPSA) is 78.3 Å². The first-order chi connectivity index (χ1) is 15.9. The molecule has 33 heavy (non-hydrogen) atoms. The molecule has 3 aromatic rings. The average molecular weight is 483 g/mol. The van der Waals surface area contributed by atoms with Gasteiger partial charge in [0, 0.05) is 41.0 Å². The Kier molecular flexibility index (Phi) is 7.16. The van der Waals surface area contributed by atoms with E-state index >= 15 is 0 Å². The lowest BCUT2D eigenvalue weighted by atomic mass is 9.97. The van der Waals surface area contributed by atoms with Gasteiger partial charge < -0.3 is 15.0 Å². The number of methoxy groups -OCH3 is 1. The summed E-state index contributed by atoms with van der Waals surface area (Å²) in [4.78, 5) is 19.2. The van der Waals surface area contributed by atoms with Gasteiger partial charge in [-0.3, -0.25) is 10.2 Å². The standard InChI is InChI=1S/C25H24Cl2N4O2/c1-33-22-14-19(27)13-21(25(32)30-23-10-8-18(26)15-29-23)20(22)9-5-16-3-6-17(7-4-16)24(28)31-11-2-12-31/h3-4,6-8,10,13-15,28H,2,5,9,11-12H2,1H3,(H,29,30,32). The number of amidine groups is 1. The van der Waals surface area contributed by atoms with E-state index in [-0.39, 0.29) is 5.91 Å². The van der Waals surface area contributed by atoms with Crippen LogP contribution in [0.1, 0.15) is 33.5 Å². The van der Waals surface area contributed by atoms with Gasteiger partial charge in [0.1, 0.15) is 17.4 Å². The number of carbonyl (C=O) groups excluding carboxylic acids is 1. The minimum atomic E-state index is -0.320. The number of ether oxygens (including phenoxy) is 1. The van der Waals surface area contributed by atoms with Crippen LogP contribution in [0.2, 0.25) is 10.0 Å². The molecule has 2 N–H and O–H groups in total. The number of likely N-dealkylation sites (tertiary alicyclic amines) is 1. The predicted molar refractivity (Wildman–Crippen MR) is 132 cm³/mol. The lowest BCUT2D eigenvalue weighted by molar-refractivity contribution is 0.102. The molecule has 1 aliphatic rings. The highest BCUT2D eigenvalue weighted by atomic mass is 35.5. The summed E-state index contributed by atoms with van der Waals surface area (Å²) in [5, 5.41) is 12.0. The molecule has 170 valence electrons. The van der Waals surface area contributed by atoms with Crippen LogP contribution in [0.15, 0.2) is 54.7 Å². The van der Waals surface area contributed by atoms with Gasteiger partial charge in [-0.2, -0.15) is 0 Å². The SMILES string of the molecule is COc1cc(Cl)cc(C(=O)Nc2ccc(Cl)cn2)c1CCc1ccc(C(=N)N2CCC2)cc1. The number of benzene rings is 2. The van der Waals surface area contributed by atoms with Crippen molar-refractivity contribution in [2.24, 2.45) is 0 Å². The van der Waals surface area contributed by atoms with Crippen molar-refractivity contribution in [1.82, 2.24) is 9.88 Å². The number of nitrogens with zero attached hydrogens (tertiary/aromatic N) is 2. The third kappa shape index (κ3) is 5.46. The van der Waals surface area contributed by atoms with E-state index in [1.165, 1.54) is 6.20 Å². The van der Waals surface area contributed by atoms with E-state index in [4.69, 9.17) is 33.3 Å². The average Bonchev–Trinajstić information content (AvgIpc) is 2.78. The molecule has 0 spiro atoms. The Bertz CT molecular complexity index is 1160. The Balaban J connectivity index is 1.52. The zero-order chi connectivity index (χ0) is 23.4. The molecule has 1 aromatic heterocycles. The number of hydrogen-bond donors (Lipinski definition) is 2. The Morgan fingerprint density at radius 2 is 1.85 bits per heavy atom. The van der Waals surface area contributed by atoms with Crippen molar-refractivity contribution >= 4 is 40.8 Å². The van der Waals surface area contributed by atoms with E-state index in [2.05, 4.69) is 15.2 Å². The monoisotopic (exact) mass is 482 g/mol. The number of hydrogen-bond acceptors (Lipinski definition) is 4. The molecule has 2 aromatic carbocycles. The zero-order valence-electron chi connectivity index (χ0n) is 18.2. The molecule has 1 aliphatic heterocycles. The third-order valence-corrected chi connectivity index (χ3v) is 6.11. The fourth-order valence-electron chi connectivity index (χ4n) is 3.71. The summed E-state index contributed by atoms with van der Waals surface area (Å²) in [6.07, 6.45) is 3.91. The second kappa shape index (κ2) is 10.2. The lowest BCUT2D eigenvalue weighted by Gasteiger charge is -2.33. The minimum Gasteiger partial charge on any atom is -0.496 e. The summed E-state index contributed by atoms with van der Waals surface area (Å²) >= 11 is 12.1. The summed E-state index contributed by atoms with van der Waals surface area (Å²) in [5.41, 5.74) is 3.23. The minimum absolute atomic E-state index is 0.320. The lowest BCUT2D eigenvalue weighted by Crippen LogP contribution is -2.42. The molecule has 6 nitrogen and oxygen atoms in total. The predicted octanol–water partition coefficient (Wildman–Crippen LogP) is 5.47. The number of carbonyl (C=O) groups is 1. The molecule has 1 fully saturated rings. The van der Waals surface area contributed by atoms with Crippen LogP contribution in [0.25, 0.3) is 0 Å². The maximum absolute atomic E-state index is 13.0. The van der Waals surface area contributed by atoms with Crippen molar-refractivity contribution in [1.29, 1.82) is 5.41 Å². The number of pyridine rings is 1. The van der Waals surface area contributed by atoms with Crippen LogP contribution in [-0.4, -0.2) is 41.8 Å². The van der Waals surface area contributed by atoms with Gasteiger partial charge in [0.15, 0.2) is 0 Å². The smallest absolute Gasteiger partial charge is 0.257 e. The Morgan fingerprint density at radius 1 is 1.09 bits per heavy atom. The van der Waals surface area contributed by atoms with Gasteiger partial charge in [0.05, 0.1) is 12.1 Å². The van der Waals surface area contributed by atoms with Gasteiger partial charge in [-0.05, 0) is 49.1 Å². The van der Waals surface area contributed by atoms with Gasteiger partial charge in [0.2, 0.25) is 0 Å². The van der Waals surface area contributed by atoms with Crippen molar-refractivity contribution in [3.05, 3.63) is 87.0 Å². The van der Waals surface area contributed by atoms with E-state index in [0.717, 1.165) is 36.2 Å². The Morgan fingerprint density at radius 3 is 2.45 bits per heavy atom. The molecule has 1 saturated heterocycles. The first-order valence-corrected chi connectivity index (χ1v) is 11.4. The van der Waals surface area contributed by atoms with Gasteiger partial charge in [0.25, 0.3) is 5.91 Å². The fraction of sp³-hybridized carbons (Fsp3) is 0.240. The van der Waals surface area contributed by atoms with Crippen molar-refractivity contribution in [3.8, 4) is 5.75 Å². The quantitative estimate of drug-likeness (QED) is 0.345. The molecular formula is C25H24Cl2N4O2. The molecule has 4 rings (SSSR count). The van der Waals surface area contributed by atoms with Gasteiger partial charge in [-0.25, -0.2) is 4.98 Å².